The Bertz CT molecular complexity index is 573. The molecule has 124 valence electrons. The van der Waals surface area contributed by atoms with Crippen molar-refractivity contribution in [2.75, 3.05) is 31.1 Å². The smallest absolute Gasteiger partial charge is 0.237 e. The summed E-state index contributed by atoms with van der Waals surface area (Å²) in [5.41, 5.74) is 0.197. The van der Waals surface area contributed by atoms with Crippen LogP contribution < -0.4 is 10.2 Å². The zero-order valence-corrected chi connectivity index (χ0v) is 13.9. The molecule has 0 radical (unpaired) electrons. The summed E-state index contributed by atoms with van der Waals surface area (Å²) < 4.78 is 0. The number of nitrogens with zero attached hydrogens (tertiary/aromatic N) is 2. The average molecular weight is 315 g/mol. The molecular weight excluding hydrogens is 290 g/mol. The molecule has 5 heteroatoms. The highest BCUT2D eigenvalue weighted by Gasteiger charge is 2.41. The van der Waals surface area contributed by atoms with E-state index in [2.05, 4.69) is 22.3 Å². The quantitative estimate of drug-likeness (QED) is 0.860. The normalized spacial score (nSPS) is 18.7. The van der Waals surface area contributed by atoms with Crippen LogP contribution in [0.3, 0.4) is 0 Å². The van der Waals surface area contributed by atoms with Gasteiger partial charge in [0.1, 0.15) is 5.41 Å². The van der Waals surface area contributed by atoms with E-state index in [1.54, 1.807) is 13.8 Å². The summed E-state index contributed by atoms with van der Waals surface area (Å²) in [6.07, 6.45) is 2.07. The predicted octanol–water partition coefficient (Wildman–Crippen LogP) is 1.64. The molecule has 1 saturated heterocycles. The first-order valence-electron chi connectivity index (χ1n) is 8.39. The van der Waals surface area contributed by atoms with Crippen molar-refractivity contribution >= 4 is 17.5 Å². The maximum absolute atomic E-state index is 12.8. The van der Waals surface area contributed by atoms with Gasteiger partial charge in [-0.05, 0) is 38.8 Å². The van der Waals surface area contributed by atoms with Crippen molar-refractivity contribution in [3.8, 4) is 0 Å². The summed E-state index contributed by atoms with van der Waals surface area (Å²) in [4.78, 5) is 29.2. The van der Waals surface area contributed by atoms with Crippen molar-refractivity contribution < 1.29 is 9.59 Å². The molecule has 23 heavy (non-hydrogen) atoms. The molecule has 0 spiro atoms. The molecule has 3 rings (SSSR count). The maximum atomic E-state index is 12.8. The van der Waals surface area contributed by atoms with E-state index in [0.29, 0.717) is 13.1 Å². The van der Waals surface area contributed by atoms with E-state index in [-0.39, 0.29) is 17.9 Å². The molecule has 1 N–H and O–H groups in total. The molecule has 1 saturated carbocycles. The van der Waals surface area contributed by atoms with Crippen LogP contribution in [0.1, 0.15) is 26.7 Å². The van der Waals surface area contributed by atoms with Gasteiger partial charge in [-0.1, -0.05) is 18.2 Å². The van der Waals surface area contributed by atoms with Gasteiger partial charge in [0.05, 0.1) is 0 Å². The lowest BCUT2D eigenvalue weighted by atomic mass is 9.90. The first-order chi connectivity index (χ1) is 11.0. The number of anilines is 1. The van der Waals surface area contributed by atoms with Gasteiger partial charge in [0.15, 0.2) is 0 Å². The number of rotatable bonds is 4. The Morgan fingerprint density at radius 1 is 1.04 bits per heavy atom. The number of piperazine rings is 1. The van der Waals surface area contributed by atoms with Crippen LogP contribution in [0.5, 0.6) is 0 Å². The third-order valence-electron chi connectivity index (χ3n) is 4.70. The highest BCUT2D eigenvalue weighted by Crippen LogP contribution is 2.25. The fraction of sp³-hybridized carbons (Fsp3) is 0.556. The number of carbonyl (C=O) groups is 2. The van der Waals surface area contributed by atoms with Crippen LogP contribution in [-0.2, 0) is 9.59 Å². The van der Waals surface area contributed by atoms with Crippen molar-refractivity contribution in [2.45, 2.75) is 32.7 Å². The summed E-state index contributed by atoms with van der Waals surface area (Å²) in [6, 6.07) is 10.5. The molecule has 0 unspecified atom stereocenters. The average Bonchev–Trinajstić information content (AvgIpc) is 3.39. The minimum absolute atomic E-state index is 0.0663. The van der Waals surface area contributed by atoms with Gasteiger partial charge in [-0.2, -0.15) is 0 Å². The van der Waals surface area contributed by atoms with E-state index >= 15 is 0 Å². The fourth-order valence-electron chi connectivity index (χ4n) is 2.89. The van der Waals surface area contributed by atoms with E-state index in [0.717, 1.165) is 25.9 Å². The number of benzene rings is 1. The zero-order chi connectivity index (χ0) is 16.4. The fourth-order valence-corrected chi connectivity index (χ4v) is 2.89. The van der Waals surface area contributed by atoms with E-state index in [1.165, 1.54) is 5.69 Å². The maximum Gasteiger partial charge on any atom is 0.237 e. The Morgan fingerprint density at radius 3 is 2.22 bits per heavy atom. The largest absolute Gasteiger partial charge is 0.368 e. The van der Waals surface area contributed by atoms with Crippen LogP contribution in [0.2, 0.25) is 0 Å². The standard InChI is InChI=1S/C18H25N3O2/c1-18(2,16(22)19-14-8-9-14)17(23)21-12-10-20(11-13-21)15-6-4-3-5-7-15/h3-7,14H,8-13H2,1-2H3,(H,19,22). The van der Waals surface area contributed by atoms with Crippen LogP contribution >= 0.6 is 0 Å². The minimum atomic E-state index is -0.989. The van der Waals surface area contributed by atoms with Crippen LogP contribution in [-0.4, -0.2) is 48.9 Å². The third kappa shape index (κ3) is 3.49. The van der Waals surface area contributed by atoms with Gasteiger partial charge in [0.2, 0.25) is 11.8 Å². The van der Waals surface area contributed by atoms with Crippen molar-refractivity contribution in [1.82, 2.24) is 10.2 Å². The van der Waals surface area contributed by atoms with E-state index in [9.17, 15) is 9.59 Å². The highest BCUT2D eigenvalue weighted by molar-refractivity contribution is 6.04. The number of hydrogen-bond acceptors (Lipinski definition) is 3. The van der Waals surface area contributed by atoms with Crippen LogP contribution in [0.15, 0.2) is 30.3 Å². The monoisotopic (exact) mass is 315 g/mol. The molecule has 1 aromatic carbocycles. The summed E-state index contributed by atoms with van der Waals surface area (Å²) in [7, 11) is 0. The number of hydrogen-bond donors (Lipinski definition) is 1. The summed E-state index contributed by atoms with van der Waals surface area (Å²) in [5.74, 6) is -0.209. The van der Waals surface area contributed by atoms with Crippen molar-refractivity contribution in [3.63, 3.8) is 0 Å². The molecule has 2 fully saturated rings. The SMILES string of the molecule is CC(C)(C(=O)NC1CC1)C(=O)N1CCN(c2ccccc2)CC1. The Labute approximate surface area is 137 Å². The second-order valence-electron chi connectivity index (χ2n) is 6.99. The first-order valence-corrected chi connectivity index (χ1v) is 8.39. The number of para-hydroxylation sites is 1. The lowest BCUT2D eigenvalue weighted by Gasteiger charge is -2.39. The lowest BCUT2D eigenvalue weighted by molar-refractivity contribution is -0.148. The number of amides is 2. The zero-order valence-electron chi connectivity index (χ0n) is 13.9. The molecule has 0 atom stereocenters. The summed E-state index contributed by atoms with van der Waals surface area (Å²) in [6.45, 7) is 6.39. The van der Waals surface area contributed by atoms with Gasteiger partial charge in [0, 0.05) is 37.9 Å². The second-order valence-corrected chi connectivity index (χ2v) is 6.99. The summed E-state index contributed by atoms with van der Waals surface area (Å²) >= 11 is 0. The highest BCUT2D eigenvalue weighted by atomic mass is 16.2. The van der Waals surface area contributed by atoms with Gasteiger partial charge in [-0.25, -0.2) is 0 Å². The molecule has 0 aromatic heterocycles. The Hall–Kier alpha value is -2.04. The Kier molecular flexibility index (Phi) is 4.28. The van der Waals surface area contributed by atoms with Gasteiger partial charge in [0.25, 0.3) is 0 Å². The molecular formula is C18H25N3O2. The topological polar surface area (TPSA) is 52.7 Å². The van der Waals surface area contributed by atoms with E-state index in [4.69, 9.17) is 0 Å². The predicted molar refractivity (Wildman–Crippen MR) is 90.2 cm³/mol. The first kappa shape index (κ1) is 15.8. The Morgan fingerprint density at radius 2 is 1.65 bits per heavy atom. The Balaban J connectivity index is 1.58. The van der Waals surface area contributed by atoms with E-state index in [1.807, 2.05) is 23.1 Å². The van der Waals surface area contributed by atoms with Crippen LogP contribution in [0.25, 0.3) is 0 Å². The minimum Gasteiger partial charge on any atom is -0.368 e. The molecule has 1 aromatic rings. The molecule has 1 heterocycles. The van der Waals surface area contributed by atoms with Crippen molar-refractivity contribution in [2.24, 2.45) is 5.41 Å². The van der Waals surface area contributed by atoms with Crippen LogP contribution in [0.4, 0.5) is 5.69 Å². The third-order valence-corrected chi connectivity index (χ3v) is 4.70. The lowest BCUT2D eigenvalue weighted by Crippen LogP contribution is -2.55. The van der Waals surface area contributed by atoms with Gasteiger partial charge < -0.3 is 15.1 Å². The summed E-state index contributed by atoms with van der Waals surface area (Å²) in [5, 5.41) is 2.95. The molecule has 2 aliphatic rings. The van der Waals surface area contributed by atoms with Gasteiger partial charge >= 0.3 is 0 Å². The molecule has 1 aliphatic heterocycles. The van der Waals surface area contributed by atoms with Crippen molar-refractivity contribution in [1.29, 1.82) is 0 Å². The molecule has 0 bridgehead atoms. The van der Waals surface area contributed by atoms with Crippen LogP contribution in [0, 0.1) is 5.41 Å². The van der Waals surface area contributed by atoms with Gasteiger partial charge in [-0.15, -0.1) is 0 Å². The van der Waals surface area contributed by atoms with E-state index < -0.39 is 5.41 Å². The molecule has 5 nitrogen and oxygen atoms in total. The second kappa shape index (κ2) is 6.22. The number of carbonyl (C=O) groups excluding carboxylic acids is 2. The van der Waals surface area contributed by atoms with Crippen molar-refractivity contribution in [3.05, 3.63) is 30.3 Å². The van der Waals surface area contributed by atoms with Gasteiger partial charge in [-0.3, -0.25) is 9.59 Å². The molecule has 1 aliphatic carbocycles. The number of nitrogens with one attached hydrogen (secondary N) is 1. The molecule has 2 amide bonds.